The molecule has 30 nitrogen and oxygen atoms in total. The number of aromatic nitrogens is 4. The molecule has 0 aliphatic carbocycles. The molecule has 10 rings (SSSR count). The zero-order valence-corrected chi connectivity index (χ0v) is 67.0. The molecule has 0 amide bonds. The van der Waals surface area contributed by atoms with E-state index >= 15 is 0 Å². The summed E-state index contributed by atoms with van der Waals surface area (Å²) in [4.78, 5) is 97.2. The molecule has 6 heterocycles. The zero-order valence-electron chi connectivity index (χ0n) is 61.6. The number of ether oxygens (including phenoxy) is 14. The number of aromatic hydroxyl groups is 1. The van der Waals surface area contributed by atoms with Gasteiger partial charge in [0.1, 0.15) is 95.6 Å². The number of rotatable bonds is 27. The predicted octanol–water partition coefficient (Wildman–Crippen LogP) is 14.0. The van der Waals surface area contributed by atoms with Crippen molar-refractivity contribution in [2.75, 3.05) is 41.2 Å². The number of Topliss-reactive ketones (excluding diaryl/α,β-unsaturated/α-hetero) is 2. The van der Waals surface area contributed by atoms with E-state index < -0.39 is 119 Å². The van der Waals surface area contributed by atoms with Crippen LogP contribution in [0.5, 0.6) is 23.0 Å². The second-order valence-electron chi connectivity index (χ2n) is 24.2. The first-order chi connectivity index (χ1) is 52.7. The fourth-order valence-electron chi connectivity index (χ4n) is 11.3. The molecule has 111 heavy (non-hydrogen) atoms. The summed E-state index contributed by atoms with van der Waals surface area (Å²) >= 11 is 32.4. The van der Waals surface area contributed by atoms with Gasteiger partial charge in [0, 0.05) is 69.1 Å². The van der Waals surface area contributed by atoms with Crippen molar-refractivity contribution in [1.29, 1.82) is 5.41 Å². The van der Waals surface area contributed by atoms with Crippen LogP contribution in [-0.4, -0.2) is 173 Å². The van der Waals surface area contributed by atoms with E-state index in [1.807, 2.05) is 57.2 Å². The number of phenolic OH excluding ortho intramolecular Hbond substituents is 1. The van der Waals surface area contributed by atoms with Gasteiger partial charge in [0.05, 0.1) is 27.2 Å². The van der Waals surface area contributed by atoms with Gasteiger partial charge in [0.25, 0.3) is 10.3 Å². The van der Waals surface area contributed by atoms with Crippen LogP contribution in [0.1, 0.15) is 110 Å². The summed E-state index contributed by atoms with van der Waals surface area (Å²) in [6, 6.07) is 27.4. The number of carbonyl (C=O) groups excluding carboxylic acids is 8. The number of hydrogen-bond acceptors (Lipinski definition) is 32. The Balaban J connectivity index is 0.000000225. The molecule has 2 saturated heterocycles. The molecule has 2 aliphatic heterocycles. The van der Waals surface area contributed by atoms with E-state index in [9.17, 15) is 43.5 Å². The molecule has 8 aromatic rings. The minimum Gasteiger partial charge on any atom is -0.506 e. The van der Waals surface area contributed by atoms with E-state index in [0.29, 0.717) is 40.4 Å². The van der Waals surface area contributed by atoms with Crippen LogP contribution in [0, 0.1) is 31.1 Å². The highest BCUT2D eigenvalue weighted by molar-refractivity contribution is 7.14. The molecular weight excluding hydrogens is 1600 g/mol. The third kappa shape index (κ3) is 22.5. The van der Waals surface area contributed by atoms with Crippen LogP contribution in [-0.2, 0) is 80.9 Å². The number of phenols is 1. The highest BCUT2D eigenvalue weighted by atomic mass is 35.6. The van der Waals surface area contributed by atoms with Gasteiger partial charge in [0.2, 0.25) is 36.1 Å². The quantitative estimate of drug-likeness (QED) is 0.00918. The molecular formula is C74H76Cl5N5O25S2. The lowest BCUT2D eigenvalue weighted by molar-refractivity contribution is -0.275. The number of benzene rings is 4. The fraction of sp³-hybridized carbons (Fsp3) is 0.392. The smallest absolute Gasteiger partial charge is 0.339 e. The van der Waals surface area contributed by atoms with Crippen molar-refractivity contribution < 1.29 is 119 Å². The van der Waals surface area contributed by atoms with Gasteiger partial charge >= 0.3 is 29.8 Å². The summed E-state index contributed by atoms with van der Waals surface area (Å²) in [6.07, 6.45) is -11.5. The number of methoxy groups -OCH3 is 3. The maximum absolute atomic E-state index is 13.8. The maximum atomic E-state index is 13.8. The molecule has 2 fully saturated rings. The standard InChI is InChI=1S/C36H37ClN2O12S.C24H21ClN2O5S.C14H18Cl3NO8/c1-8-46-31(21-9-11-22(12-10-21)34-39-38-18(3)52-34)29(42)25-14-13-24(49-25)23-15-26(44-6)28(37)27(16-23)50-36-17(2)30(47-19(4)40)32(48-20(5)41)33(51-36)35(43)45-7;1-4-31-23(14-5-7-15(8-6-14)24-27-26-13(2)33-24)22(29)19-10-9-18(32-19)16-11-17(28)21(25)20(12-16)30-3;1-6-9(4-22-5-19)25-12(26-13(18)14(15,16)17)11(24-8(3)21)10(6)23-7(2)20/h9-17,30-33,36H,8H2,1-7H3;5-12,23,28H,4H2,1-3H3;5-6,9-12,18H,4H2,1-3H3/t17-,30-,31?,32+,33+,36+;;6-,9-,10+,11-,12-/m1.1/s1. The van der Waals surface area contributed by atoms with Gasteiger partial charge in [0.15, 0.2) is 29.8 Å². The number of nitrogens with one attached hydrogen (secondary N) is 1. The van der Waals surface area contributed by atoms with Gasteiger partial charge in [-0.1, -0.05) is 143 Å². The number of hydrogen-bond donors (Lipinski definition) is 2. The fourth-order valence-corrected chi connectivity index (χ4v) is 13.2. The van der Waals surface area contributed by atoms with E-state index in [1.54, 1.807) is 63.2 Å². The van der Waals surface area contributed by atoms with Crippen LogP contribution in [0.2, 0.25) is 10.0 Å². The first-order valence-electron chi connectivity index (χ1n) is 33.6. The SMILES string of the molecule is CC(=O)O[C@H]1[C@@H](OC(=N)C(Cl)(Cl)Cl)O[C@H](COC=O)[C@@H](C)[C@@H]1OC(C)=O.CCOC(C(=O)c1ccc(-c2cc(O)c(Cl)c(OC)c2)o1)c1ccc(-c2nnc(C)s2)cc1.CCOC(C(=O)c1ccc(-c2cc(OC)c(Cl)c(O[C@H]3O[C@H](C(=O)OC)[C@@H](OC(C)=O)[C@H](OC(C)=O)[C@H]3C)c2)o1)c1ccc(-c2nnc(C)s2)cc1. The average Bonchev–Trinajstić information content (AvgIpc) is 1.49. The Morgan fingerprint density at radius 2 is 1.01 bits per heavy atom. The third-order valence-corrected chi connectivity index (χ3v) is 19.5. The van der Waals surface area contributed by atoms with Crippen LogP contribution in [0.3, 0.4) is 0 Å². The summed E-state index contributed by atoms with van der Waals surface area (Å²) in [5, 5.41) is 37.6. The molecule has 0 spiro atoms. The van der Waals surface area contributed by atoms with Gasteiger partial charge < -0.3 is 80.3 Å². The van der Waals surface area contributed by atoms with Crippen LogP contribution < -0.4 is 14.2 Å². The molecule has 37 heteroatoms. The van der Waals surface area contributed by atoms with Gasteiger partial charge in [-0.2, -0.15) is 0 Å². The highest BCUT2D eigenvalue weighted by Gasteiger charge is 2.53. The summed E-state index contributed by atoms with van der Waals surface area (Å²) in [7, 11) is 3.99. The second-order valence-corrected chi connectivity index (χ2v) is 29.6. The molecule has 2 aliphatic rings. The van der Waals surface area contributed by atoms with Crippen molar-refractivity contribution in [1.82, 2.24) is 20.4 Å². The molecule has 0 saturated carbocycles. The van der Waals surface area contributed by atoms with E-state index in [1.165, 1.54) is 68.9 Å². The normalized spacial score (nSPS) is 19.8. The second kappa shape index (κ2) is 39.7. The summed E-state index contributed by atoms with van der Waals surface area (Å²) in [6.45, 7) is 15.9. The summed E-state index contributed by atoms with van der Waals surface area (Å²) in [5.74, 6) is -5.27. The Hall–Kier alpha value is -9.32. The lowest BCUT2D eigenvalue weighted by atomic mass is 9.90. The van der Waals surface area contributed by atoms with Gasteiger partial charge in [-0.05, 0) is 87.4 Å². The topological polar surface area (TPSA) is 388 Å². The number of ketones is 2. The molecule has 0 radical (unpaired) electrons. The van der Waals surface area contributed by atoms with Gasteiger partial charge in [-0.25, -0.2) is 4.79 Å². The molecule has 4 aromatic heterocycles. The monoisotopic (exact) mass is 1670 g/mol. The Bertz CT molecular complexity index is 4610. The highest BCUT2D eigenvalue weighted by Crippen LogP contribution is 2.44. The van der Waals surface area contributed by atoms with Crippen molar-refractivity contribution in [3.8, 4) is 66.8 Å². The summed E-state index contributed by atoms with van der Waals surface area (Å²) < 4.78 is 85.8. The lowest BCUT2D eigenvalue weighted by Crippen LogP contribution is -2.60. The maximum Gasteiger partial charge on any atom is 0.339 e. The first-order valence-corrected chi connectivity index (χ1v) is 37.1. The zero-order chi connectivity index (χ0) is 81.3. The van der Waals surface area contributed by atoms with Gasteiger partial charge in [-0.15, -0.1) is 20.4 Å². The van der Waals surface area contributed by atoms with Crippen molar-refractivity contribution in [2.24, 2.45) is 11.8 Å². The Kier molecular flexibility index (Phi) is 31.2. The van der Waals surface area contributed by atoms with Crippen molar-refractivity contribution in [3.05, 3.63) is 140 Å². The number of carbonyl (C=O) groups is 8. The van der Waals surface area contributed by atoms with Crippen molar-refractivity contribution in [3.63, 3.8) is 0 Å². The molecule has 2 unspecified atom stereocenters. The van der Waals surface area contributed by atoms with Crippen LogP contribution in [0.15, 0.2) is 106 Å². The van der Waals surface area contributed by atoms with E-state index in [4.69, 9.17) is 139 Å². The van der Waals surface area contributed by atoms with Crippen LogP contribution in [0.4, 0.5) is 0 Å². The number of esters is 5. The number of alkyl halides is 3. The van der Waals surface area contributed by atoms with Gasteiger partial charge in [-0.3, -0.25) is 39.0 Å². The lowest BCUT2D eigenvalue weighted by Gasteiger charge is -2.43. The van der Waals surface area contributed by atoms with E-state index in [2.05, 4.69) is 20.4 Å². The van der Waals surface area contributed by atoms with E-state index in [-0.39, 0.29) is 70.0 Å². The molecule has 2 N–H and O–H groups in total. The predicted molar refractivity (Wildman–Crippen MR) is 402 cm³/mol. The average molecular weight is 1680 g/mol. The van der Waals surface area contributed by atoms with E-state index in [0.717, 1.165) is 52.1 Å². The van der Waals surface area contributed by atoms with Crippen LogP contribution >= 0.6 is 80.7 Å². The van der Waals surface area contributed by atoms with Crippen LogP contribution in [0.25, 0.3) is 43.8 Å². The summed E-state index contributed by atoms with van der Waals surface area (Å²) in [5.41, 5.74) is 4.07. The Morgan fingerprint density at radius 3 is 1.43 bits per heavy atom. The molecule has 0 bridgehead atoms. The third-order valence-electron chi connectivity index (χ3n) is 16.4. The minimum atomic E-state index is -2.20. The molecule has 4 aromatic carbocycles. The number of aryl methyl sites for hydroxylation is 2. The molecule has 594 valence electrons. The van der Waals surface area contributed by atoms with Crippen molar-refractivity contribution in [2.45, 2.75) is 134 Å². The molecule has 12 atom stereocenters. The largest absolute Gasteiger partial charge is 0.506 e. The number of halogens is 5. The first kappa shape index (κ1) is 87.3. The minimum absolute atomic E-state index is 0.0413. The van der Waals surface area contributed by atoms with Crippen molar-refractivity contribution >= 4 is 134 Å². The number of furan rings is 2. The Labute approximate surface area is 668 Å². The Morgan fingerprint density at radius 1 is 0.568 bits per heavy atom. The number of nitrogens with zero attached hydrogens (tertiary/aromatic N) is 4.